The lowest BCUT2D eigenvalue weighted by molar-refractivity contribution is 0.0341. The first-order valence-corrected chi connectivity index (χ1v) is 11.2. The van der Waals surface area contributed by atoms with Crippen molar-refractivity contribution in [3.63, 3.8) is 0 Å². The molecule has 1 unspecified atom stereocenters. The average molecular weight is 444 g/mol. The number of anilines is 1. The monoisotopic (exact) mass is 443 g/mol. The van der Waals surface area contributed by atoms with Gasteiger partial charge in [-0.2, -0.15) is 0 Å². The zero-order chi connectivity index (χ0) is 22.3. The van der Waals surface area contributed by atoms with E-state index in [-0.39, 0.29) is 6.04 Å². The standard InChI is InChI=1S/C24H31F2N5O/c1-27-24(29-21-8-9-31(17-21)23-7-6-20(25)14-22(23)26)28-15-18-4-2-3-5-19(18)16-30-10-12-32-13-11-30/h2-7,14,21H,8-13,15-17H2,1H3,(H2,27,28,29). The van der Waals surface area contributed by atoms with Gasteiger partial charge in [0.05, 0.1) is 18.9 Å². The van der Waals surface area contributed by atoms with Crippen LogP contribution >= 0.6 is 0 Å². The van der Waals surface area contributed by atoms with Crippen LogP contribution in [0.5, 0.6) is 0 Å². The summed E-state index contributed by atoms with van der Waals surface area (Å²) in [6.07, 6.45) is 0.852. The van der Waals surface area contributed by atoms with E-state index in [0.29, 0.717) is 25.3 Å². The van der Waals surface area contributed by atoms with Crippen LogP contribution in [0, 0.1) is 11.6 Å². The van der Waals surface area contributed by atoms with Gasteiger partial charge in [0.2, 0.25) is 0 Å². The van der Waals surface area contributed by atoms with E-state index in [1.807, 2.05) is 4.90 Å². The van der Waals surface area contributed by atoms with Crippen molar-refractivity contribution >= 4 is 11.6 Å². The van der Waals surface area contributed by atoms with Crippen molar-refractivity contribution in [2.24, 2.45) is 4.99 Å². The Bertz CT molecular complexity index is 932. The maximum atomic E-state index is 14.1. The highest BCUT2D eigenvalue weighted by Gasteiger charge is 2.25. The number of guanidine groups is 1. The smallest absolute Gasteiger partial charge is 0.191 e. The van der Waals surface area contributed by atoms with Gasteiger partial charge in [-0.15, -0.1) is 0 Å². The number of benzene rings is 2. The van der Waals surface area contributed by atoms with Gasteiger partial charge in [-0.1, -0.05) is 24.3 Å². The van der Waals surface area contributed by atoms with Crippen molar-refractivity contribution in [3.8, 4) is 0 Å². The van der Waals surface area contributed by atoms with Crippen LogP contribution in [0.15, 0.2) is 47.5 Å². The third kappa shape index (κ3) is 5.75. The van der Waals surface area contributed by atoms with Crippen molar-refractivity contribution in [1.82, 2.24) is 15.5 Å². The van der Waals surface area contributed by atoms with E-state index in [4.69, 9.17) is 4.74 Å². The van der Waals surface area contributed by atoms with Gasteiger partial charge in [0.25, 0.3) is 0 Å². The summed E-state index contributed by atoms with van der Waals surface area (Å²) in [6, 6.07) is 12.3. The van der Waals surface area contributed by atoms with Crippen LogP contribution in [0.1, 0.15) is 17.5 Å². The summed E-state index contributed by atoms with van der Waals surface area (Å²) in [6.45, 7) is 6.41. The maximum absolute atomic E-state index is 14.1. The molecule has 0 amide bonds. The van der Waals surface area contributed by atoms with Crippen LogP contribution in [0.4, 0.5) is 14.5 Å². The Morgan fingerprint density at radius 1 is 1.09 bits per heavy atom. The number of halogens is 2. The summed E-state index contributed by atoms with van der Waals surface area (Å²) in [7, 11) is 1.75. The lowest BCUT2D eigenvalue weighted by Gasteiger charge is -2.27. The molecule has 2 aromatic carbocycles. The highest BCUT2D eigenvalue weighted by molar-refractivity contribution is 5.80. The van der Waals surface area contributed by atoms with Crippen LogP contribution in [-0.2, 0) is 17.8 Å². The van der Waals surface area contributed by atoms with Crippen molar-refractivity contribution in [1.29, 1.82) is 0 Å². The topological polar surface area (TPSA) is 52.1 Å². The first-order valence-electron chi connectivity index (χ1n) is 11.2. The molecule has 32 heavy (non-hydrogen) atoms. The number of rotatable bonds is 6. The van der Waals surface area contributed by atoms with Crippen molar-refractivity contribution in [2.75, 3.05) is 51.3 Å². The second-order valence-electron chi connectivity index (χ2n) is 8.25. The predicted molar refractivity (Wildman–Crippen MR) is 123 cm³/mol. The molecule has 0 aromatic heterocycles. The number of morpholine rings is 1. The SMILES string of the molecule is CN=C(NCc1ccccc1CN1CCOCC1)NC1CCN(c2ccc(F)cc2F)C1. The summed E-state index contributed by atoms with van der Waals surface area (Å²) in [5.74, 6) is -0.360. The quantitative estimate of drug-likeness (QED) is 0.531. The molecule has 2 aliphatic heterocycles. The zero-order valence-electron chi connectivity index (χ0n) is 18.5. The van der Waals surface area contributed by atoms with E-state index in [9.17, 15) is 8.78 Å². The van der Waals surface area contributed by atoms with E-state index in [2.05, 4.69) is 44.8 Å². The van der Waals surface area contributed by atoms with Crippen LogP contribution in [-0.4, -0.2) is 63.3 Å². The summed E-state index contributed by atoms with van der Waals surface area (Å²) >= 11 is 0. The Labute approximate surface area is 188 Å². The molecule has 8 heteroatoms. The molecule has 0 aliphatic carbocycles. The fourth-order valence-corrected chi connectivity index (χ4v) is 4.29. The molecule has 0 spiro atoms. The third-order valence-electron chi connectivity index (χ3n) is 6.07. The minimum absolute atomic E-state index is 0.134. The first kappa shape index (κ1) is 22.5. The van der Waals surface area contributed by atoms with E-state index < -0.39 is 11.6 Å². The molecule has 4 rings (SSSR count). The fraction of sp³-hybridized carbons (Fsp3) is 0.458. The minimum atomic E-state index is -0.557. The van der Waals surface area contributed by atoms with Crippen LogP contribution in [0.2, 0.25) is 0 Å². The molecule has 0 saturated carbocycles. The molecule has 2 fully saturated rings. The molecule has 2 heterocycles. The van der Waals surface area contributed by atoms with E-state index >= 15 is 0 Å². The molecule has 2 N–H and O–H groups in total. The van der Waals surface area contributed by atoms with Gasteiger partial charge in [0.1, 0.15) is 11.6 Å². The van der Waals surface area contributed by atoms with Gasteiger partial charge in [0.15, 0.2) is 5.96 Å². The first-order chi connectivity index (χ1) is 15.6. The molecular weight excluding hydrogens is 412 g/mol. The van der Waals surface area contributed by atoms with Crippen LogP contribution in [0.25, 0.3) is 0 Å². The second-order valence-corrected chi connectivity index (χ2v) is 8.25. The van der Waals surface area contributed by atoms with E-state index in [1.54, 1.807) is 7.05 Å². The van der Waals surface area contributed by atoms with Crippen molar-refractivity contribution in [2.45, 2.75) is 25.6 Å². The molecular formula is C24H31F2N5O. The molecule has 0 bridgehead atoms. The number of nitrogens with one attached hydrogen (secondary N) is 2. The van der Waals surface area contributed by atoms with Crippen LogP contribution < -0.4 is 15.5 Å². The number of aliphatic imine (C=N–C) groups is 1. The fourth-order valence-electron chi connectivity index (χ4n) is 4.29. The Morgan fingerprint density at radius 2 is 1.88 bits per heavy atom. The summed E-state index contributed by atoms with van der Waals surface area (Å²) < 4.78 is 32.8. The highest BCUT2D eigenvalue weighted by Crippen LogP contribution is 2.24. The molecule has 1 atom stereocenters. The molecule has 2 aliphatic rings. The Kier molecular flexibility index (Phi) is 7.55. The summed E-state index contributed by atoms with van der Waals surface area (Å²) in [5.41, 5.74) is 2.98. The largest absolute Gasteiger partial charge is 0.379 e. The minimum Gasteiger partial charge on any atom is -0.379 e. The molecule has 0 radical (unpaired) electrons. The van der Waals surface area contributed by atoms with E-state index in [0.717, 1.165) is 51.3 Å². The lowest BCUT2D eigenvalue weighted by atomic mass is 10.1. The normalized spacial score (nSPS) is 19.9. The predicted octanol–water partition coefficient (Wildman–Crippen LogP) is 2.74. The Morgan fingerprint density at radius 3 is 2.62 bits per heavy atom. The molecule has 2 aromatic rings. The average Bonchev–Trinajstić information content (AvgIpc) is 3.26. The van der Waals surface area contributed by atoms with Gasteiger partial charge in [-0.3, -0.25) is 9.89 Å². The van der Waals surface area contributed by atoms with Gasteiger partial charge >= 0.3 is 0 Å². The highest BCUT2D eigenvalue weighted by atomic mass is 19.1. The van der Waals surface area contributed by atoms with Crippen molar-refractivity contribution < 1.29 is 13.5 Å². The Hall–Kier alpha value is -2.71. The zero-order valence-corrected chi connectivity index (χ0v) is 18.5. The number of hydrogen-bond donors (Lipinski definition) is 2. The molecule has 6 nitrogen and oxygen atoms in total. The number of hydrogen-bond acceptors (Lipinski definition) is 4. The van der Waals surface area contributed by atoms with Gasteiger partial charge in [-0.25, -0.2) is 8.78 Å². The number of ether oxygens (including phenoxy) is 1. The van der Waals surface area contributed by atoms with Gasteiger partial charge in [-0.05, 0) is 29.7 Å². The molecule has 172 valence electrons. The van der Waals surface area contributed by atoms with Crippen molar-refractivity contribution in [3.05, 3.63) is 65.2 Å². The number of nitrogens with zero attached hydrogens (tertiary/aromatic N) is 3. The van der Waals surface area contributed by atoms with Crippen LogP contribution in [0.3, 0.4) is 0 Å². The second kappa shape index (κ2) is 10.7. The third-order valence-corrected chi connectivity index (χ3v) is 6.07. The van der Waals surface area contributed by atoms with Gasteiger partial charge in [0, 0.05) is 58.4 Å². The molecule has 2 saturated heterocycles. The van der Waals surface area contributed by atoms with E-state index in [1.165, 1.54) is 23.3 Å². The van der Waals surface area contributed by atoms with Gasteiger partial charge < -0.3 is 20.3 Å². The summed E-state index contributed by atoms with van der Waals surface area (Å²) in [4.78, 5) is 8.72. The lowest BCUT2D eigenvalue weighted by Crippen LogP contribution is -2.44. The maximum Gasteiger partial charge on any atom is 0.191 e. The Balaban J connectivity index is 1.31. The summed E-state index contributed by atoms with van der Waals surface area (Å²) in [5, 5.41) is 6.86.